The maximum absolute atomic E-state index is 11.4. The zero-order chi connectivity index (χ0) is 13.1. The summed E-state index contributed by atoms with van der Waals surface area (Å²) in [4.78, 5) is 17.4. The van der Waals surface area contributed by atoms with Crippen molar-refractivity contribution in [2.24, 2.45) is 0 Å². The lowest BCUT2D eigenvalue weighted by molar-refractivity contribution is -0.116. The van der Waals surface area contributed by atoms with Gasteiger partial charge in [-0.15, -0.1) is 0 Å². The van der Waals surface area contributed by atoms with Crippen LogP contribution in [0, 0.1) is 18.3 Å². The summed E-state index contributed by atoms with van der Waals surface area (Å²) in [7, 11) is 1.81. The van der Waals surface area contributed by atoms with Gasteiger partial charge in [0.2, 0.25) is 0 Å². The van der Waals surface area contributed by atoms with E-state index in [4.69, 9.17) is 9.68 Å². The summed E-state index contributed by atoms with van der Waals surface area (Å²) >= 11 is 0. The van der Waals surface area contributed by atoms with Crippen molar-refractivity contribution in [3.05, 3.63) is 24.1 Å². The van der Waals surface area contributed by atoms with Gasteiger partial charge in [0.25, 0.3) is 0 Å². The lowest BCUT2D eigenvalue weighted by Crippen LogP contribution is -2.25. The molecule has 5 heteroatoms. The van der Waals surface area contributed by atoms with Crippen molar-refractivity contribution >= 4 is 22.6 Å². The molecule has 0 atom stereocenters. The highest BCUT2D eigenvalue weighted by atomic mass is 16.3. The fraction of sp³-hybridized carbons (Fsp3) is 0.308. The molecule has 0 spiro atoms. The number of aromatic nitrogens is 1. The Hall–Kier alpha value is -2.35. The van der Waals surface area contributed by atoms with Gasteiger partial charge in [0.1, 0.15) is 5.52 Å². The number of Topliss-reactive ketones (excluding diaryl/α,β-unsaturated/α-hetero) is 1. The molecule has 0 fully saturated rings. The normalized spacial score (nSPS) is 10.3. The molecule has 2 aromatic rings. The number of carbonyl (C=O) groups is 1. The summed E-state index contributed by atoms with van der Waals surface area (Å²) < 4.78 is 5.38. The van der Waals surface area contributed by atoms with Crippen LogP contribution in [0.25, 0.3) is 11.1 Å². The fourth-order valence-corrected chi connectivity index (χ4v) is 1.77. The number of hydrogen-bond acceptors (Lipinski definition) is 5. The lowest BCUT2D eigenvalue weighted by atomic mass is 10.2. The number of nitrogens with zero attached hydrogens (tertiary/aromatic N) is 3. The molecular weight excluding hydrogens is 230 g/mol. The number of hydrogen-bond donors (Lipinski definition) is 0. The number of oxazole rings is 1. The smallest absolute Gasteiger partial charge is 0.192 e. The van der Waals surface area contributed by atoms with Gasteiger partial charge in [-0.25, -0.2) is 4.98 Å². The van der Waals surface area contributed by atoms with Gasteiger partial charge >= 0.3 is 0 Å². The second-order valence-corrected chi connectivity index (χ2v) is 4.11. The summed E-state index contributed by atoms with van der Waals surface area (Å²) in [5, 5.41) is 8.45. The van der Waals surface area contributed by atoms with Gasteiger partial charge in [-0.2, -0.15) is 5.26 Å². The standard InChI is InChI=1S/C13H13N3O2/c1-9-15-12-7-10(3-4-13(12)18-9)16(2)8-11(17)5-6-14/h3-4,7H,5,8H2,1-2H3. The Bertz CT molecular complexity index is 625. The van der Waals surface area contributed by atoms with Crippen LogP contribution >= 0.6 is 0 Å². The van der Waals surface area contributed by atoms with Crippen molar-refractivity contribution in [3.63, 3.8) is 0 Å². The highest BCUT2D eigenvalue weighted by Crippen LogP contribution is 2.21. The zero-order valence-corrected chi connectivity index (χ0v) is 10.3. The fourth-order valence-electron chi connectivity index (χ4n) is 1.77. The molecule has 0 saturated heterocycles. The summed E-state index contributed by atoms with van der Waals surface area (Å²) in [6.07, 6.45) is -0.0599. The summed E-state index contributed by atoms with van der Waals surface area (Å²) in [5.41, 5.74) is 2.37. The highest BCUT2D eigenvalue weighted by molar-refractivity contribution is 5.86. The molecule has 18 heavy (non-hydrogen) atoms. The van der Waals surface area contributed by atoms with Crippen LogP contribution in [0.2, 0.25) is 0 Å². The van der Waals surface area contributed by atoms with Crippen LogP contribution < -0.4 is 4.90 Å². The number of anilines is 1. The molecule has 0 aliphatic rings. The zero-order valence-electron chi connectivity index (χ0n) is 10.3. The molecule has 92 valence electrons. The van der Waals surface area contributed by atoms with E-state index in [1.54, 1.807) is 11.8 Å². The monoisotopic (exact) mass is 243 g/mol. The summed E-state index contributed by atoms with van der Waals surface area (Å²) in [5.74, 6) is 0.516. The Kier molecular flexibility index (Phi) is 3.28. The van der Waals surface area contributed by atoms with Crippen LogP contribution in [0.3, 0.4) is 0 Å². The second kappa shape index (κ2) is 4.88. The average molecular weight is 243 g/mol. The molecule has 0 saturated carbocycles. The topological polar surface area (TPSA) is 70.1 Å². The van der Waals surface area contributed by atoms with E-state index in [1.807, 2.05) is 31.3 Å². The van der Waals surface area contributed by atoms with Gasteiger partial charge in [-0.3, -0.25) is 4.79 Å². The first kappa shape index (κ1) is 12.1. The van der Waals surface area contributed by atoms with E-state index in [0.29, 0.717) is 5.89 Å². The predicted molar refractivity (Wildman–Crippen MR) is 67.3 cm³/mol. The Morgan fingerprint density at radius 3 is 3.06 bits per heavy atom. The molecule has 0 bridgehead atoms. The minimum Gasteiger partial charge on any atom is -0.441 e. The number of aryl methyl sites for hydroxylation is 1. The van der Waals surface area contributed by atoms with Crippen LogP contribution in [0.15, 0.2) is 22.6 Å². The van der Waals surface area contributed by atoms with E-state index in [1.165, 1.54) is 0 Å². The quantitative estimate of drug-likeness (QED) is 0.822. The molecular formula is C13H13N3O2. The third kappa shape index (κ3) is 2.48. The van der Waals surface area contributed by atoms with Gasteiger partial charge in [-0.1, -0.05) is 0 Å². The Balaban J connectivity index is 2.20. The molecule has 1 heterocycles. The predicted octanol–water partition coefficient (Wildman–Crippen LogP) is 2.06. The van der Waals surface area contributed by atoms with Crippen molar-refractivity contribution in [3.8, 4) is 6.07 Å². The first-order chi connectivity index (χ1) is 8.60. The highest BCUT2D eigenvalue weighted by Gasteiger charge is 2.09. The van der Waals surface area contributed by atoms with Crippen molar-refractivity contribution in [2.75, 3.05) is 18.5 Å². The number of fused-ring (bicyclic) bond motifs is 1. The molecule has 0 amide bonds. The number of carbonyl (C=O) groups excluding carboxylic acids is 1. The summed E-state index contributed by atoms with van der Waals surface area (Å²) in [6, 6.07) is 7.42. The molecule has 5 nitrogen and oxygen atoms in total. The third-order valence-electron chi connectivity index (χ3n) is 2.61. The second-order valence-electron chi connectivity index (χ2n) is 4.11. The minimum absolute atomic E-state index is 0.0599. The molecule has 2 rings (SSSR count). The van der Waals surface area contributed by atoms with Gasteiger partial charge in [-0.05, 0) is 18.2 Å². The maximum atomic E-state index is 11.4. The van der Waals surface area contributed by atoms with E-state index >= 15 is 0 Å². The van der Waals surface area contributed by atoms with Crippen molar-refractivity contribution < 1.29 is 9.21 Å². The first-order valence-electron chi connectivity index (χ1n) is 5.57. The van der Waals surface area contributed by atoms with E-state index in [0.717, 1.165) is 16.8 Å². The lowest BCUT2D eigenvalue weighted by Gasteiger charge is -2.17. The van der Waals surface area contributed by atoms with E-state index in [9.17, 15) is 4.79 Å². The van der Waals surface area contributed by atoms with E-state index < -0.39 is 0 Å². The van der Waals surface area contributed by atoms with Gasteiger partial charge in [0, 0.05) is 19.7 Å². The van der Waals surface area contributed by atoms with Crippen molar-refractivity contribution in [1.29, 1.82) is 5.26 Å². The Morgan fingerprint density at radius 2 is 2.33 bits per heavy atom. The Labute approximate surface area is 105 Å². The number of ketones is 1. The molecule has 0 aliphatic carbocycles. The van der Waals surface area contributed by atoms with E-state index in [-0.39, 0.29) is 18.7 Å². The van der Waals surface area contributed by atoms with E-state index in [2.05, 4.69) is 4.98 Å². The van der Waals surface area contributed by atoms with Gasteiger partial charge in [0.05, 0.1) is 19.0 Å². The largest absolute Gasteiger partial charge is 0.441 e. The molecule has 0 unspecified atom stereocenters. The molecule has 1 aromatic carbocycles. The van der Waals surface area contributed by atoms with Crippen molar-refractivity contribution in [2.45, 2.75) is 13.3 Å². The van der Waals surface area contributed by atoms with Crippen LogP contribution in [0.1, 0.15) is 12.3 Å². The van der Waals surface area contributed by atoms with Crippen LogP contribution in [0.5, 0.6) is 0 Å². The Morgan fingerprint density at radius 1 is 1.56 bits per heavy atom. The molecule has 1 aromatic heterocycles. The van der Waals surface area contributed by atoms with Crippen molar-refractivity contribution in [1.82, 2.24) is 4.98 Å². The third-order valence-corrected chi connectivity index (χ3v) is 2.61. The molecule has 0 radical (unpaired) electrons. The van der Waals surface area contributed by atoms with Crippen LogP contribution in [-0.2, 0) is 4.79 Å². The maximum Gasteiger partial charge on any atom is 0.192 e. The molecule has 0 aliphatic heterocycles. The van der Waals surface area contributed by atoms with Gasteiger partial charge < -0.3 is 9.32 Å². The number of rotatable bonds is 4. The van der Waals surface area contributed by atoms with Crippen LogP contribution in [-0.4, -0.2) is 24.4 Å². The number of benzene rings is 1. The first-order valence-corrected chi connectivity index (χ1v) is 5.57. The number of nitriles is 1. The minimum atomic E-state index is -0.101. The SMILES string of the molecule is Cc1nc2cc(N(C)CC(=O)CC#N)ccc2o1. The molecule has 0 N–H and O–H groups in total. The average Bonchev–Trinajstić information content (AvgIpc) is 2.68. The van der Waals surface area contributed by atoms with Crippen LogP contribution in [0.4, 0.5) is 5.69 Å². The van der Waals surface area contributed by atoms with Gasteiger partial charge in [0.15, 0.2) is 17.3 Å². The summed E-state index contributed by atoms with van der Waals surface area (Å²) in [6.45, 7) is 2.01. The number of likely N-dealkylation sites (N-methyl/N-ethyl adjacent to an activating group) is 1.